The van der Waals surface area contributed by atoms with Crippen LogP contribution in [0.2, 0.25) is 0 Å². The Morgan fingerprint density at radius 2 is 1.85 bits per heavy atom. The van der Waals surface area contributed by atoms with Crippen molar-refractivity contribution >= 4 is 22.4 Å². The zero-order valence-electron chi connectivity index (χ0n) is 14.9. The van der Waals surface area contributed by atoms with Crippen molar-refractivity contribution < 1.29 is 9.53 Å². The zero-order chi connectivity index (χ0) is 18.4. The second-order valence-corrected chi connectivity index (χ2v) is 6.76. The van der Waals surface area contributed by atoms with Crippen LogP contribution in [0.25, 0.3) is 11.3 Å². The number of carbonyl (C=O) groups excluding carboxylic acids is 1. The second kappa shape index (κ2) is 8.63. The third-order valence-electron chi connectivity index (χ3n) is 4.08. The highest BCUT2D eigenvalue weighted by Crippen LogP contribution is 2.25. The Kier molecular flexibility index (Phi) is 6.02. The van der Waals surface area contributed by atoms with Gasteiger partial charge >= 0.3 is 0 Å². The summed E-state index contributed by atoms with van der Waals surface area (Å²) in [6, 6.07) is 17.7. The number of aromatic nitrogens is 1. The number of benzene rings is 2. The summed E-state index contributed by atoms with van der Waals surface area (Å²) in [4.78, 5) is 17.0. The fraction of sp³-hybridized carbons (Fsp3) is 0.238. The number of hydrogen-bond acceptors (Lipinski definition) is 4. The lowest BCUT2D eigenvalue weighted by Gasteiger charge is -2.16. The van der Waals surface area contributed by atoms with Gasteiger partial charge in [0, 0.05) is 10.9 Å². The first-order chi connectivity index (χ1) is 12.7. The minimum absolute atomic E-state index is 0.182. The van der Waals surface area contributed by atoms with Gasteiger partial charge in [0.05, 0.1) is 5.69 Å². The molecule has 1 heterocycles. The number of amides is 1. The molecular weight excluding hydrogens is 344 g/mol. The largest absolute Gasteiger partial charge is 0.481 e. The highest BCUT2D eigenvalue weighted by molar-refractivity contribution is 7.14. The summed E-state index contributed by atoms with van der Waals surface area (Å²) in [5.74, 6) is 0.504. The molecular formula is C21H22N2O2S. The van der Waals surface area contributed by atoms with Crippen LogP contribution in [-0.2, 0) is 11.2 Å². The molecule has 0 spiro atoms. The van der Waals surface area contributed by atoms with Crippen LogP contribution in [-0.4, -0.2) is 17.0 Å². The van der Waals surface area contributed by atoms with Crippen LogP contribution in [0.1, 0.15) is 25.8 Å². The molecule has 0 fully saturated rings. The van der Waals surface area contributed by atoms with Crippen molar-refractivity contribution in [2.24, 2.45) is 0 Å². The number of carbonyl (C=O) groups is 1. The van der Waals surface area contributed by atoms with Crippen molar-refractivity contribution in [3.05, 3.63) is 65.5 Å². The summed E-state index contributed by atoms with van der Waals surface area (Å²) in [5, 5.41) is 5.41. The van der Waals surface area contributed by atoms with Crippen molar-refractivity contribution in [1.82, 2.24) is 4.98 Å². The van der Waals surface area contributed by atoms with Crippen molar-refractivity contribution in [2.75, 3.05) is 5.32 Å². The topological polar surface area (TPSA) is 51.2 Å². The minimum atomic E-state index is -0.548. The monoisotopic (exact) mass is 366 g/mol. The quantitative estimate of drug-likeness (QED) is 0.628. The molecule has 3 aromatic rings. The van der Waals surface area contributed by atoms with Crippen LogP contribution >= 0.6 is 11.3 Å². The first-order valence-corrected chi connectivity index (χ1v) is 9.65. The molecule has 1 atom stereocenters. The fourth-order valence-corrected chi connectivity index (χ4v) is 3.27. The molecule has 1 aromatic heterocycles. The van der Waals surface area contributed by atoms with Gasteiger partial charge in [0.2, 0.25) is 0 Å². The molecule has 0 aliphatic rings. The van der Waals surface area contributed by atoms with E-state index in [0.29, 0.717) is 17.3 Å². The maximum Gasteiger partial charge on any atom is 0.267 e. The summed E-state index contributed by atoms with van der Waals surface area (Å²) in [6.45, 7) is 4.06. The number of ether oxygens (including phenoxy) is 1. The Morgan fingerprint density at radius 1 is 1.12 bits per heavy atom. The average Bonchev–Trinajstić information content (AvgIpc) is 3.15. The van der Waals surface area contributed by atoms with Gasteiger partial charge in [0.25, 0.3) is 5.91 Å². The van der Waals surface area contributed by atoms with Crippen LogP contribution in [0.15, 0.2) is 60.0 Å². The van der Waals surface area contributed by atoms with E-state index in [9.17, 15) is 4.79 Å². The Bertz CT molecular complexity index is 844. The number of para-hydroxylation sites is 1. The van der Waals surface area contributed by atoms with E-state index in [2.05, 4.69) is 41.5 Å². The molecule has 134 valence electrons. The average molecular weight is 366 g/mol. The van der Waals surface area contributed by atoms with Gasteiger partial charge in [0.15, 0.2) is 11.2 Å². The molecule has 1 N–H and O–H groups in total. The van der Waals surface area contributed by atoms with Gasteiger partial charge in [-0.3, -0.25) is 10.1 Å². The highest BCUT2D eigenvalue weighted by atomic mass is 32.1. The molecule has 0 saturated heterocycles. The molecule has 0 aliphatic heterocycles. The number of hydrogen-bond donors (Lipinski definition) is 1. The molecule has 0 radical (unpaired) electrons. The number of rotatable bonds is 7. The lowest BCUT2D eigenvalue weighted by atomic mass is 10.1. The Balaban J connectivity index is 1.66. The molecule has 0 unspecified atom stereocenters. The normalized spacial score (nSPS) is 11.8. The van der Waals surface area contributed by atoms with Crippen LogP contribution < -0.4 is 10.1 Å². The van der Waals surface area contributed by atoms with Crippen LogP contribution in [0, 0.1) is 0 Å². The maximum absolute atomic E-state index is 12.5. The van der Waals surface area contributed by atoms with Crippen molar-refractivity contribution in [1.29, 1.82) is 0 Å². The molecule has 0 aliphatic carbocycles. The summed E-state index contributed by atoms with van der Waals surface area (Å²) in [6.07, 6.45) is 1.05. The van der Waals surface area contributed by atoms with Gasteiger partial charge < -0.3 is 4.74 Å². The van der Waals surface area contributed by atoms with E-state index in [1.807, 2.05) is 42.6 Å². The minimum Gasteiger partial charge on any atom is -0.481 e. The lowest BCUT2D eigenvalue weighted by molar-refractivity contribution is -0.122. The van der Waals surface area contributed by atoms with Crippen molar-refractivity contribution in [3.8, 4) is 17.0 Å². The number of thiazole rings is 1. The first kappa shape index (κ1) is 18.1. The van der Waals surface area contributed by atoms with Gasteiger partial charge in [-0.15, -0.1) is 11.3 Å². The Morgan fingerprint density at radius 3 is 2.50 bits per heavy atom. The van der Waals surface area contributed by atoms with E-state index in [4.69, 9.17) is 4.74 Å². The molecule has 5 heteroatoms. The van der Waals surface area contributed by atoms with Gasteiger partial charge in [-0.25, -0.2) is 4.98 Å². The summed E-state index contributed by atoms with van der Waals surface area (Å²) < 4.78 is 5.78. The first-order valence-electron chi connectivity index (χ1n) is 8.77. The maximum atomic E-state index is 12.5. The van der Waals surface area contributed by atoms with E-state index in [-0.39, 0.29) is 5.91 Å². The summed E-state index contributed by atoms with van der Waals surface area (Å²) >= 11 is 1.42. The summed E-state index contributed by atoms with van der Waals surface area (Å²) in [7, 11) is 0. The molecule has 2 aromatic carbocycles. The Labute approximate surface area is 157 Å². The van der Waals surface area contributed by atoms with Gasteiger partial charge in [-0.05, 0) is 30.5 Å². The number of anilines is 1. The fourth-order valence-electron chi connectivity index (χ4n) is 2.55. The molecule has 1 amide bonds. The molecule has 26 heavy (non-hydrogen) atoms. The predicted octanol–water partition coefficient (Wildman–Crippen LogP) is 5.17. The van der Waals surface area contributed by atoms with E-state index in [1.165, 1.54) is 16.9 Å². The Hall–Kier alpha value is -2.66. The van der Waals surface area contributed by atoms with Gasteiger partial charge in [0.1, 0.15) is 5.75 Å². The van der Waals surface area contributed by atoms with E-state index in [0.717, 1.165) is 17.7 Å². The van der Waals surface area contributed by atoms with E-state index >= 15 is 0 Å². The van der Waals surface area contributed by atoms with Crippen molar-refractivity contribution in [2.45, 2.75) is 32.8 Å². The van der Waals surface area contributed by atoms with Crippen LogP contribution in [0.4, 0.5) is 5.13 Å². The SMILES string of the molecule is CCc1ccc(-c2csc(NC(=O)[C@H](CC)Oc3ccccc3)n2)cc1. The van der Waals surface area contributed by atoms with Crippen molar-refractivity contribution in [3.63, 3.8) is 0 Å². The van der Waals surface area contributed by atoms with Gasteiger partial charge in [-0.2, -0.15) is 0 Å². The molecule has 4 nitrogen and oxygen atoms in total. The second-order valence-electron chi connectivity index (χ2n) is 5.91. The predicted molar refractivity (Wildman–Crippen MR) is 107 cm³/mol. The smallest absolute Gasteiger partial charge is 0.267 e. The molecule has 0 saturated carbocycles. The van der Waals surface area contributed by atoms with Crippen LogP contribution in [0.3, 0.4) is 0 Å². The van der Waals surface area contributed by atoms with Gasteiger partial charge in [-0.1, -0.05) is 56.3 Å². The third-order valence-corrected chi connectivity index (χ3v) is 4.83. The number of aryl methyl sites for hydroxylation is 1. The van der Waals surface area contributed by atoms with E-state index < -0.39 is 6.10 Å². The van der Waals surface area contributed by atoms with Crippen LogP contribution in [0.5, 0.6) is 5.75 Å². The molecule has 3 rings (SSSR count). The number of nitrogens with one attached hydrogen (secondary N) is 1. The molecule has 0 bridgehead atoms. The lowest BCUT2D eigenvalue weighted by Crippen LogP contribution is -2.32. The van der Waals surface area contributed by atoms with E-state index in [1.54, 1.807) is 0 Å². The highest BCUT2D eigenvalue weighted by Gasteiger charge is 2.19. The standard InChI is InChI=1S/C21H22N2O2S/c1-3-15-10-12-16(13-11-15)18-14-26-21(22-18)23-20(24)19(4-2)25-17-8-6-5-7-9-17/h5-14,19H,3-4H2,1-2H3,(H,22,23,24)/t19-/m0/s1. The number of nitrogens with zero attached hydrogens (tertiary/aromatic N) is 1. The third kappa shape index (κ3) is 4.49. The summed E-state index contributed by atoms with van der Waals surface area (Å²) in [5.41, 5.74) is 3.21. The zero-order valence-corrected chi connectivity index (χ0v) is 15.8.